The number of carbonyl (C=O) groups is 1. The van der Waals surface area contributed by atoms with Gasteiger partial charge in [0.15, 0.2) is 4.75 Å². The number of Topliss-reactive ketones (excluding diaryl/α,β-unsaturated/α-hetero) is 1. The lowest BCUT2D eigenvalue weighted by molar-refractivity contribution is 0.0954. The maximum atomic E-state index is 13.0. The molecule has 3 rings (SSSR count). The van der Waals surface area contributed by atoms with Gasteiger partial charge < -0.3 is 4.74 Å². The lowest BCUT2D eigenvalue weighted by atomic mass is 9.83. The first-order chi connectivity index (χ1) is 11.1. The van der Waals surface area contributed by atoms with Crippen LogP contribution in [0.1, 0.15) is 67.8 Å². The molecule has 1 heterocycles. The molecular formula is C20H29O2S+. The Morgan fingerprint density at radius 2 is 1.65 bits per heavy atom. The molecule has 0 unspecified atom stereocenters. The van der Waals surface area contributed by atoms with Gasteiger partial charge >= 0.3 is 0 Å². The smallest absolute Gasteiger partial charge is 0.217 e. The van der Waals surface area contributed by atoms with Gasteiger partial charge in [0.05, 0.1) is 13.2 Å². The Morgan fingerprint density at radius 3 is 2.26 bits per heavy atom. The van der Waals surface area contributed by atoms with Gasteiger partial charge in [-0.3, -0.25) is 4.79 Å². The molecule has 1 aromatic carbocycles. The molecule has 1 aliphatic carbocycles. The van der Waals surface area contributed by atoms with Crippen molar-refractivity contribution in [3.63, 3.8) is 0 Å². The van der Waals surface area contributed by atoms with Gasteiger partial charge in [-0.25, -0.2) is 0 Å². The second-order valence-electron chi connectivity index (χ2n) is 7.31. The van der Waals surface area contributed by atoms with Crippen molar-refractivity contribution in [1.29, 1.82) is 0 Å². The number of ketones is 1. The minimum absolute atomic E-state index is 0.130. The molecule has 1 saturated carbocycles. The fourth-order valence-corrected chi connectivity index (χ4v) is 6.10. The monoisotopic (exact) mass is 333 g/mol. The van der Waals surface area contributed by atoms with Crippen molar-refractivity contribution in [3.8, 4) is 0 Å². The Labute approximate surface area is 143 Å². The summed E-state index contributed by atoms with van der Waals surface area (Å²) in [6, 6.07) is 8.54. The molecule has 0 aromatic heterocycles. The Hall–Kier alpha value is -0.800. The highest BCUT2D eigenvalue weighted by Crippen LogP contribution is 2.33. The van der Waals surface area contributed by atoms with Crippen LogP contribution >= 0.6 is 0 Å². The summed E-state index contributed by atoms with van der Waals surface area (Å²) in [6.45, 7) is 5.86. The fourth-order valence-electron chi connectivity index (χ4n) is 3.85. The van der Waals surface area contributed by atoms with Crippen LogP contribution in [0.2, 0.25) is 0 Å². The molecule has 0 radical (unpaired) electrons. The van der Waals surface area contributed by atoms with Crippen molar-refractivity contribution in [2.45, 2.75) is 56.6 Å². The number of benzene rings is 1. The average molecular weight is 334 g/mol. The van der Waals surface area contributed by atoms with E-state index in [0.717, 1.165) is 30.3 Å². The van der Waals surface area contributed by atoms with Crippen LogP contribution in [-0.2, 0) is 15.6 Å². The van der Waals surface area contributed by atoms with E-state index in [4.69, 9.17) is 4.74 Å². The van der Waals surface area contributed by atoms with E-state index in [1.54, 1.807) is 0 Å². The summed E-state index contributed by atoms with van der Waals surface area (Å²) in [4.78, 5) is 13.0. The van der Waals surface area contributed by atoms with Crippen molar-refractivity contribution >= 4 is 16.7 Å². The minimum atomic E-state index is -0.268. The molecule has 3 heteroatoms. The summed E-state index contributed by atoms with van der Waals surface area (Å²) in [5.41, 5.74) is 2.31. The van der Waals surface area contributed by atoms with Gasteiger partial charge in [-0.2, -0.15) is 0 Å². The van der Waals surface area contributed by atoms with Crippen LogP contribution in [0.4, 0.5) is 0 Å². The first-order valence-electron chi connectivity index (χ1n) is 8.99. The topological polar surface area (TPSA) is 26.3 Å². The first kappa shape index (κ1) is 17.0. The molecule has 0 spiro atoms. The van der Waals surface area contributed by atoms with E-state index < -0.39 is 0 Å². The van der Waals surface area contributed by atoms with Crippen molar-refractivity contribution in [1.82, 2.24) is 0 Å². The highest BCUT2D eigenvalue weighted by molar-refractivity contribution is 7.99. The van der Waals surface area contributed by atoms with Gasteiger partial charge in [0.1, 0.15) is 11.5 Å². The molecule has 0 amide bonds. The summed E-state index contributed by atoms with van der Waals surface area (Å²) < 4.78 is 5.19. The molecule has 126 valence electrons. The van der Waals surface area contributed by atoms with Gasteiger partial charge in [0.2, 0.25) is 5.78 Å². The predicted molar refractivity (Wildman–Crippen MR) is 98.6 cm³/mol. The van der Waals surface area contributed by atoms with Crippen LogP contribution in [0, 0.1) is 0 Å². The van der Waals surface area contributed by atoms with Crippen LogP contribution in [0.15, 0.2) is 24.3 Å². The quantitative estimate of drug-likeness (QED) is 0.605. The van der Waals surface area contributed by atoms with Crippen LogP contribution in [-0.4, -0.2) is 35.2 Å². The lowest BCUT2D eigenvalue weighted by Crippen LogP contribution is -2.47. The molecule has 1 aliphatic heterocycles. The highest BCUT2D eigenvalue weighted by Gasteiger charge is 2.46. The minimum Gasteiger partial charge on any atom is -0.372 e. The van der Waals surface area contributed by atoms with Gasteiger partial charge in [0.25, 0.3) is 0 Å². The fraction of sp³-hybridized carbons (Fsp3) is 0.650. The Balaban J connectivity index is 1.71. The summed E-state index contributed by atoms with van der Waals surface area (Å²) in [6.07, 6.45) is 6.70. The summed E-state index contributed by atoms with van der Waals surface area (Å²) in [5.74, 6) is 3.06. The Morgan fingerprint density at radius 1 is 1.04 bits per heavy atom. The van der Waals surface area contributed by atoms with Crippen LogP contribution < -0.4 is 0 Å². The van der Waals surface area contributed by atoms with Gasteiger partial charge in [-0.15, -0.1) is 0 Å². The molecule has 2 aliphatic rings. The molecule has 1 saturated heterocycles. The highest BCUT2D eigenvalue weighted by atomic mass is 32.2. The van der Waals surface area contributed by atoms with Gasteiger partial charge in [0, 0.05) is 16.5 Å². The van der Waals surface area contributed by atoms with Crippen LogP contribution in [0.5, 0.6) is 0 Å². The Kier molecular flexibility index (Phi) is 5.48. The van der Waals surface area contributed by atoms with Crippen molar-refractivity contribution in [3.05, 3.63) is 35.4 Å². The SMILES string of the molecule is CC(C)(C(=O)c1ccc(C2CCCCC2)cc1)[S+]1CCOCC1. The van der Waals surface area contributed by atoms with E-state index in [1.807, 2.05) is 0 Å². The number of hydrogen-bond donors (Lipinski definition) is 0. The number of rotatable bonds is 4. The predicted octanol–water partition coefficient (Wildman–Crippen LogP) is 4.34. The zero-order valence-electron chi connectivity index (χ0n) is 14.5. The first-order valence-corrected chi connectivity index (χ1v) is 10.6. The molecule has 1 aromatic rings. The van der Waals surface area contributed by atoms with Crippen molar-refractivity contribution < 1.29 is 9.53 Å². The largest absolute Gasteiger partial charge is 0.372 e. The summed E-state index contributed by atoms with van der Waals surface area (Å²) in [7, 11) is 0.130. The molecule has 2 fully saturated rings. The Bertz CT molecular complexity index is 523. The zero-order chi connectivity index (χ0) is 16.3. The third kappa shape index (κ3) is 3.83. The third-order valence-electron chi connectivity index (χ3n) is 5.47. The van der Waals surface area contributed by atoms with E-state index in [0.29, 0.717) is 11.7 Å². The standard InChI is InChI=1S/C20H29O2S/c1-20(2,23-14-12-22-13-15-23)19(21)18-10-8-17(9-11-18)16-6-4-3-5-7-16/h8-11,16H,3-7,12-15H2,1-2H3/q+1. The normalized spacial score (nSPS) is 21.3. The van der Waals surface area contributed by atoms with E-state index in [1.165, 1.54) is 37.7 Å². The average Bonchev–Trinajstić information content (AvgIpc) is 2.63. The molecule has 0 bridgehead atoms. The third-order valence-corrected chi connectivity index (χ3v) is 8.41. The molecule has 2 nitrogen and oxygen atoms in total. The summed E-state index contributed by atoms with van der Waals surface area (Å²) in [5, 5.41) is 0. The van der Waals surface area contributed by atoms with Crippen molar-refractivity contribution in [2.24, 2.45) is 0 Å². The second kappa shape index (κ2) is 7.40. The van der Waals surface area contributed by atoms with E-state index in [2.05, 4.69) is 38.1 Å². The van der Waals surface area contributed by atoms with E-state index >= 15 is 0 Å². The maximum absolute atomic E-state index is 13.0. The zero-order valence-corrected chi connectivity index (χ0v) is 15.3. The molecule has 23 heavy (non-hydrogen) atoms. The van der Waals surface area contributed by atoms with Gasteiger partial charge in [-0.05, 0) is 38.2 Å². The van der Waals surface area contributed by atoms with Crippen LogP contribution in [0.3, 0.4) is 0 Å². The van der Waals surface area contributed by atoms with E-state index in [-0.39, 0.29) is 15.6 Å². The molecule has 0 N–H and O–H groups in total. The van der Waals surface area contributed by atoms with Gasteiger partial charge in [-0.1, -0.05) is 43.5 Å². The van der Waals surface area contributed by atoms with Crippen LogP contribution in [0.25, 0.3) is 0 Å². The van der Waals surface area contributed by atoms with E-state index in [9.17, 15) is 4.79 Å². The molecule has 0 atom stereocenters. The van der Waals surface area contributed by atoms with Crippen molar-refractivity contribution in [2.75, 3.05) is 24.7 Å². The molecular weight excluding hydrogens is 304 g/mol. The number of hydrogen-bond acceptors (Lipinski definition) is 2. The lowest BCUT2D eigenvalue weighted by Gasteiger charge is -2.27. The second-order valence-corrected chi connectivity index (χ2v) is 10.1. The number of ether oxygens (including phenoxy) is 1. The maximum Gasteiger partial charge on any atom is 0.217 e. The summed E-state index contributed by atoms with van der Waals surface area (Å²) >= 11 is 0. The number of carbonyl (C=O) groups excluding carboxylic acids is 1.